The fraction of sp³-hybridized carbons (Fsp3) is 0.516. The Labute approximate surface area is 227 Å². The fourth-order valence-electron chi connectivity index (χ4n) is 5.16. The Morgan fingerprint density at radius 1 is 0.974 bits per heavy atom. The topological polar surface area (TPSA) is 93.5 Å². The van der Waals surface area contributed by atoms with Crippen molar-refractivity contribution in [2.24, 2.45) is 5.41 Å². The maximum absolute atomic E-state index is 13.7. The number of allylic oxidation sites excluding steroid dienone is 1. The van der Waals surface area contributed by atoms with E-state index in [1.807, 2.05) is 6.08 Å². The van der Waals surface area contributed by atoms with Crippen LogP contribution < -0.4 is 9.80 Å². The van der Waals surface area contributed by atoms with E-state index < -0.39 is 0 Å². The molecule has 3 rings (SSSR count). The number of anilines is 3. The number of rotatable bonds is 10. The van der Waals surface area contributed by atoms with Gasteiger partial charge in [0.2, 0.25) is 0 Å². The number of ether oxygens (including phenoxy) is 1. The van der Waals surface area contributed by atoms with Gasteiger partial charge in [-0.2, -0.15) is 0 Å². The van der Waals surface area contributed by atoms with Crippen molar-refractivity contribution in [2.45, 2.75) is 78.7 Å². The number of methoxy groups -OCH3 is 1. The molecule has 0 fully saturated rings. The Morgan fingerprint density at radius 3 is 2.32 bits per heavy atom. The SMILES string of the molecule is COC(C)(CCC/C(C)=C/CN1C(=O)c2cccc(O)c2N(C)c2c(O)cc(O)cc21)CCCC(C)(C)C. The smallest absolute Gasteiger partial charge is 0.260 e. The predicted octanol–water partition coefficient (Wildman–Crippen LogP) is 7.27. The standard InChI is InChI=1S/C31H44N2O5/c1-21(11-9-16-31(5,38-7)17-10-15-30(2,3)4)14-18-33-24-19-22(34)20-26(36)28(24)32(6)27-23(29(33)37)12-8-13-25(27)35/h8,12-14,19-20,34-36H,9-11,15-18H2,1-7H3/b21-14+. The highest BCUT2D eigenvalue weighted by molar-refractivity contribution is 6.15. The van der Waals surface area contributed by atoms with Crippen LogP contribution in [0.25, 0.3) is 0 Å². The Morgan fingerprint density at radius 2 is 1.66 bits per heavy atom. The molecule has 38 heavy (non-hydrogen) atoms. The number of carbonyl (C=O) groups excluding carboxylic acids is 1. The number of aromatic hydroxyl groups is 3. The summed E-state index contributed by atoms with van der Waals surface area (Å²) in [7, 11) is 3.47. The van der Waals surface area contributed by atoms with Crippen LogP contribution in [-0.2, 0) is 4.74 Å². The zero-order valence-electron chi connectivity index (χ0n) is 24.0. The lowest BCUT2D eigenvalue weighted by atomic mass is 9.85. The lowest BCUT2D eigenvalue weighted by Gasteiger charge is -2.30. The maximum Gasteiger partial charge on any atom is 0.260 e. The third-order valence-corrected chi connectivity index (χ3v) is 7.53. The third-order valence-electron chi connectivity index (χ3n) is 7.53. The first-order valence-electron chi connectivity index (χ1n) is 13.4. The lowest BCUT2D eigenvalue weighted by molar-refractivity contribution is -0.0129. The molecule has 0 aromatic heterocycles. The van der Waals surface area contributed by atoms with Crippen LogP contribution in [0, 0.1) is 5.41 Å². The average molecular weight is 525 g/mol. The number of phenolic OH excluding ortho intramolecular Hbond substituents is 3. The maximum atomic E-state index is 13.7. The Balaban J connectivity index is 1.78. The van der Waals surface area contributed by atoms with E-state index >= 15 is 0 Å². The normalized spacial score (nSPS) is 15.7. The van der Waals surface area contributed by atoms with Crippen molar-refractivity contribution in [2.75, 3.05) is 30.5 Å². The minimum atomic E-state index is -0.318. The number of para-hydroxylation sites is 1. The molecule has 0 saturated carbocycles. The number of hydrogen-bond donors (Lipinski definition) is 3. The number of nitrogens with zero attached hydrogens (tertiary/aromatic N) is 2. The molecule has 2 aromatic carbocycles. The van der Waals surface area contributed by atoms with Gasteiger partial charge in [0, 0.05) is 32.8 Å². The van der Waals surface area contributed by atoms with Crippen LogP contribution in [0.1, 0.15) is 83.5 Å². The van der Waals surface area contributed by atoms with Gasteiger partial charge in [0.1, 0.15) is 22.9 Å². The number of hydrogen-bond acceptors (Lipinski definition) is 6. The van der Waals surface area contributed by atoms with Gasteiger partial charge in [-0.15, -0.1) is 0 Å². The number of phenols is 3. The summed E-state index contributed by atoms with van der Waals surface area (Å²) in [5.41, 5.74) is 2.66. The highest BCUT2D eigenvalue weighted by Crippen LogP contribution is 2.49. The van der Waals surface area contributed by atoms with Crippen LogP contribution >= 0.6 is 0 Å². The summed E-state index contributed by atoms with van der Waals surface area (Å²) in [5.74, 6) is -0.702. The molecule has 0 bridgehead atoms. The van der Waals surface area contributed by atoms with Crippen molar-refractivity contribution < 1.29 is 24.9 Å². The van der Waals surface area contributed by atoms with E-state index in [-0.39, 0.29) is 35.3 Å². The van der Waals surface area contributed by atoms with Crippen molar-refractivity contribution in [1.82, 2.24) is 0 Å². The zero-order chi connectivity index (χ0) is 28.3. The van der Waals surface area contributed by atoms with Gasteiger partial charge in [0.05, 0.1) is 22.5 Å². The van der Waals surface area contributed by atoms with E-state index in [0.717, 1.165) is 44.1 Å². The van der Waals surface area contributed by atoms with Crippen LogP contribution in [-0.4, -0.2) is 47.5 Å². The third kappa shape index (κ3) is 6.81. The summed E-state index contributed by atoms with van der Waals surface area (Å²) < 4.78 is 5.89. The van der Waals surface area contributed by atoms with Gasteiger partial charge in [0.25, 0.3) is 5.91 Å². The van der Waals surface area contributed by atoms with Crippen LogP contribution in [0.4, 0.5) is 17.1 Å². The van der Waals surface area contributed by atoms with Crippen LogP contribution in [0.2, 0.25) is 0 Å². The number of amides is 1. The molecule has 2 aromatic rings. The van der Waals surface area contributed by atoms with Gasteiger partial charge < -0.3 is 29.9 Å². The van der Waals surface area contributed by atoms with E-state index in [1.54, 1.807) is 31.2 Å². The zero-order valence-corrected chi connectivity index (χ0v) is 24.0. The molecule has 7 nitrogen and oxygen atoms in total. The van der Waals surface area contributed by atoms with Gasteiger partial charge >= 0.3 is 0 Å². The second-order valence-corrected chi connectivity index (χ2v) is 12.0. The summed E-state index contributed by atoms with van der Waals surface area (Å²) in [6.45, 7) is 11.3. The molecule has 1 heterocycles. The quantitative estimate of drug-likeness (QED) is 0.283. The molecular weight excluding hydrogens is 480 g/mol. The first-order chi connectivity index (χ1) is 17.8. The van der Waals surface area contributed by atoms with Crippen LogP contribution in [0.15, 0.2) is 42.0 Å². The van der Waals surface area contributed by atoms with E-state index in [9.17, 15) is 20.1 Å². The Bertz CT molecular complexity index is 1180. The van der Waals surface area contributed by atoms with Gasteiger partial charge in [-0.05, 0) is 63.5 Å². The van der Waals surface area contributed by atoms with Crippen molar-refractivity contribution in [3.8, 4) is 17.2 Å². The number of fused-ring (bicyclic) bond motifs is 2. The van der Waals surface area contributed by atoms with Gasteiger partial charge in [0.15, 0.2) is 0 Å². The van der Waals surface area contributed by atoms with Crippen molar-refractivity contribution in [1.29, 1.82) is 0 Å². The first-order valence-corrected chi connectivity index (χ1v) is 13.4. The summed E-state index contributed by atoms with van der Waals surface area (Å²) in [6, 6.07) is 7.50. The largest absolute Gasteiger partial charge is 0.508 e. The summed E-state index contributed by atoms with van der Waals surface area (Å²) in [6.07, 6.45) is 8.12. The molecule has 208 valence electrons. The first kappa shape index (κ1) is 29.4. The van der Waals surface area contributed by atoms with E-state index in [2.05, 4.69) is 34.6 Å². The highest BCUT2D eigenvalue weighted by Gasteiger charge is 2.33. The number of benzene rings is 2. The molecule has 1 aliphatic heterocycles. The summed E-state index contributed by atoms with van der Waals surface area (Å²) in [4.78, 5) is 16.8. The van der Waals surface area contributed by atoms with Crippen molar-refractivity contribution in [3.63, 3.8) is 0 Å². The molecule has 0 saturated heterocycles. The molecular formula is C31H44N2O5. The minimum Gasteiger partial charge on any atom is -0.508 e. The van der Waals surface area contributed by atoms with Gasteiger partial charge in [-0.25, -0.2) is 0 Å². The summed E-state index contributed by atoms with van der Waals surface area (Å²) >= 11 is 0. The molecule has 0 aliphatic carbocycles. The Kier molecular flexibility index (Phi) is 9.03. The fourth-order valence-corrected chi connectivity index (χ4v) is 5.16. The van der Waals surface area contributed by atoms with Crippen molar-refractivity contribution >= 4 is 23.0 Å². The molecule has 3 N–H and O–H groups in total. The van der Waals surface area contributed by atoms with Gasteiger partial charge in [-0.1, -0.05) is 44.9 Å². The molecule has 1 unspecified atom stereocenters. The minimum absolute atomic E-state index is 0.0611. The lowest BCUT2D eigenvalue weighted by Crippen LogP contribution is -2.30. The van der Waals surface area contributed by atoms with E-state index in [0.29, 0.717) is 28.0 Å². The van der Waals surface area contributed by atoms with Crippen molar-refractivity contribution in [3.05, 3.63) is 47.5 Å². The van der Waals surface area contributed by atoms with Crippen LogP contribution in [0.5, 0.6) is 17.2 Å². The second-order valence-electron chi connectivity index (χ2n) is 12.0. The molecule has 1 aliphatic rings. The molecule has 1 atom stereocenters. The average Bonchev–Trinajstić information content (AvgIpc) is 2.90. The molecule has 0 spiro atoms. The van der Waals surface area contributed by atoms with E-state index in [1.165, 1.54) is 23.1 Å². The van der Waals surface area contributed by atoms with E-state index in [4.69, 9.17) is 4.74 Å². The van der Waals surface area contributed by atoms with Crippen LogP contribution in [0.3, 0.4) is 0 Å². The second kappa shape index (κ2) is 11.7. The Hall–Kier alpha value is -3.19. The molecule has 1 amide bonds. The number of carbonyl (C=O) groups is 1. The summed E-state index contributed by atoms with van der Waals surface area (Å²) in [5, 5.41) is 31.5. The molecule has 0 radical (unpaired) electrons. The van der Waals surface area contributed by atoms with Gasteiger partial charge in [-0.3, -0.25) is 4.79 Å². The monoisotopic (exact) mass is 524 g/mol. The highest BCUT2D eigenvalue weighted by atomic mass is 16.5. The predicted molar refractivity (Wildman–Crippen MR) is 154 cm³/mol. The molecule has 7 heteroatoms.